The summed E-state index contributed by atoms with van der Waals surface area (Å²) in [5.74, 6) is 0.945. The average Bonchev–Trinajstić information content (AvgIpc) is 2.86. The molecule has 2 aromatic heterocycles. The van der Waals surface area contributed by atoms with E-state index in [0.717, 1.165) is 12.2 Å². The Morgan fingerprint density at radius 2 is 2.25 bits per heavy atom. The number of aromatic nitrogens is 2. The summed E-state index contributed by atoms with van der Waals surface area (Å²) < 4.78 is 5.39. The van der Waals surface area contributed by atoms with E-state index >= 15 is 0 Å². The molecular weight excluding hydrogens is 256 g/mol. The molecule has 0 saturated carbocycles. The number of rotatable bonds is 5. The van der Waals surface area contributed by atoms with Gasteiger partial charge >= 0.3 is 0 Å². The van der Waals surface area contributed by atoms with E-state index in [4.69, 9.17) is 4.42 Å². The van der Waals surface area contributed by atoms with Crippen molar-refractivity contribution < 1.29 is 9.21 Å². The summed E-state index contributed by atoms with van der Waals surface area (Å²) in [5, 5.41) is 5.95. The molecule has 0 radical (unpaired) electrons. The maximum absolute atomic E-state index is 12.1. The molecule has 2 rings (SSSR count). The van der Waals surface area contributed by atoms with Gasteiger partial charge in [-0.05, 0) is 32.9 Å². The molecule has 1 atom stereocenters. The van der Waals surface area contributed by atoms with Crippen LogP contribution >= 0.6 is 0 Å². The Balaban J connectivity index is 2.06. The Morgan fingerprint density at radius 3 is 2.90 bits per heavy atom. The standard InChI is InChI=1S/C14H18N4O2/c1-4-15-11-5-6-16-12(7-11)13(19)18-10(3)14-17-8-9(2)20-14/h5-8,10H,4H2,1-3H3,(H,15,16)(H,18,19). The third-order valence-electron chi connectivity index (χ3n) is 2.73. The van der Waals surface area contributed by atoms with Gasteiger partial charge in [-0.15, -0.1) is 0 Å². The first kappa shape index (κ1) is 14.0. The number of carbonyl (C=O) groups excluding carboxylic acids is 1. The van der Waals surface area contributed by atoms with Crippen LogP contribution in [-0.2, 0) is 0 Å². The lowest BCUT2D eigenvalue weighted by Gasteiger charge is -2.10. The van der Waals surface area contributed by atoms with Crippen LogP contribution in [0.5, 0.6) is 0 Å². The maximum Gasteiger partial charge on any atom is 0.270 e. The molecule has 0 bridgehead atoms. The highest BCUT2D eigenvalue weighted by Crippen LogP contribution is 2.13. The van der Waals surface area contributed by atoms with Crippen LogP contribution in [0, 0.1) is 6.92 Å². The molecule has 2 aromatic rings. The van der Waals surface area contributed by atoms with Crippen molar-refractivity contribution in [2.45, 2.75) is 26.8 Å². The van der Waals surface area contributed by atoms with Crippen LogP contribution in [0.2, 0.25) is 0 Å². The fraction of sp³-hybridized carbons (Fsp3) is 0.357. The predicted octanol–water partition coefficient (Wildman–Crippen LogP) is 2.30. The second-order valence-electron chi connectivity index (χ2n) is 4.46. The average molecular weight is 274 g/mol. The molecular formula is C14H18N4O2. The number of aryl methyl sites for hydroxylation is 1. The van der Waals surface area contributed by atoms with Gasteiger partial charge in [0.25, 0.3) is 5.91 Å². The largest absolute Gasteiger partial charge is 0.444 e. The number of hydrogen-bond donors (Lipinski definition) is 2. The summed E-state index contributed by atoms with van der Waals surface area (Å²) in [6.07, 6.45) is 3.23. The van der Waals surface area contributed by atoms with E-state index in [0.29, 0.717) is 17.3 Å². The van der Waals surface area contributed by atoms with Crippen molar-refractivity contribution in [1.29, 1.82) is 0 Å². The Bertz CT molecular complexity index is 594. The van der Waals surface area contributed by atoms with Gasteiger partial charge in [-0.2, -0.15) is 0 Å². The van der Waals surface area contributed by atoms with Crippen molar-refractivity contribution >= 4 is 11.6 Å². The molecule has 2 heterocycles. The smallest absolute Gasteiger partial charge is 0.270 e. The summed E-state index contributed by atoms with van der Waals surface area (Å²) in [5.41, 5.74) is 1.23. The van der Waals surface area contributed by atoms with Gasteiger partial charge in [-0.25, -0.2) is 4.98 Å². The van der Waals surface area contributed by atoms with E-state index in [2.05, 4.69) is 20.6 Å². The molecule has 0 saturated heterocycles. The van der Waals surface area contributed by atoms with Crippen LogP contribution in [0.15, 0.2) is 28.9 Å². The molecule has 0 aliphatic heterocycles. The van der Waals surface area contributed by atoms with Gasteiger partial charge in [0.1, 0.15) is 17.5 Å². The van der Waals surface area contributed by atoms with Crippen LogP contribution in [0.4, 0.5) is 5.69 Å². The number of nitrogens with one attached hydrogen (secondary N) is 2. The molecule has 1 amide bonds. The summed E-state index contributed by atoms with van der Waals surface area (Å²) in [4.78, 5) is 20.3. The molecule has 6 heteroatoms. The number of nitrogens with zero attached hydrogens (tertiary/aromatic N) is 2. The van der Waals surface area contributed by atoms with Crippen molar-refractivity contribution in [3.05, 3.63) is 41.9 Å². The minimum Gasteiger partial charge on any atom is -0.444 e. The van der Waals surface area contributed by atoms with Crippen molar-refractivity contribution in [3.63, 3.8) is 0 Å². The zero-order chi connectivity index (χ0) is 14.5. The van der Waals surface area contributed by atoms with Gasteiger partial charge < -0.3 is 15.1 Å². The number of hydrogen-bond acceptors (Lipinski definition) is 5. The van der Waals surface area contributed by atoms with Crippen molar-refractivity contribution in [2.75, 3.05) is 11.9 Å². The molecule has 0 aromatic carbocycles. The molecule has 2 N–H and O–H groups in total. The Morgan fingerprint density at radius 1 is 1.45 bits per heavy atom. The zero-order valence-electron chi connectivity index (χ0n) is 11.8. The SMILES string of the molecule is CCNc1ccnc(C(=O)NC(C)c2ncc(C)o2)c1. The second-order valence-corrected chi connectivity index (χ2v) is 4.46. The van der Waals surface area contributed by atoms with Gasteiger partial charge in [0, 0.05) is 18.4 Å². The lowest BCUT2D eigenvalue weighted by molar-refractivity contribution is 0.0929. The van der Waals surface area contributed by atoms with Gasteiger partial charge in [0.2, 0.25) is 5.89 Å². The molecule has 0 aliphatic rings. The van der Waals surface area contributed by atoms with Crippen molar-refractivity contribution in [2.24, 2.45) is 0 Å². The Kier molecular flexibility index (Phi) is 4.34. The fourth-order valence-electron chi connectivity index (χ4n) is 1.77. The molecule has 1 unspecified atom stereocenters. The summed E-state index contributed by atoms with van der Waals surface area (Å²) in [7, 11) is 0. The van der Waals surface area contributed by atoms with E-state index in [9.17, 15) is 4.79 Å². The molecule has 0 fully saturated rings. The van der Waals surface area contributed by atoms with Crippen LogP contribution in [0.25, 0.3) is 0 Å². The molecule has 20 heavy (non-hydrogen) atoms. The summed E-state index contributed by atoms with van der Waals surface area (Å²) in [6.45, 7) is 6.41. The van der Waals surface area contributed by atoms with Gasteiger partial charge in [-0.3, -0.25) is 9.78 Å². The van der Waals surface area contributed by atoms with Crippen LogP contribution in [-0.4, -0.2) is 22.4 Å². The van der Waals surface area contributed by atoms with Crippen molar-refractivity contribution in [1.82, 2.24) is 15.3 Å². The summed E-state index contributed by atoms with van der Waals surface area (Å²) in [6, 6.07) is 3.23. The fourth-order valence-corrected chi connectivity index (χ4v) is 1.77. The third-order valence-corrected chi connectivity index (χ3v) is 2.73. The second kappa shape index (κ2) is 6.18. The van der Waals surface area contributed by atoms with Crippen LogP contribution in [0.3, 0.4) is 0 Å². The quantitative estimate of drug-likeness (QED) is 0.874. The van der Waals surface area contributed by atoms with Gasteiger partial charge in [0.05, 0.1) is 6.20 Å². The minimum atomic E-state index is -0.305. The van der Waals surface area contributed by atoms with E-state index in [-0.39, 0.29) is 11.9 Å². The van der Waals surface area contributed by atoms with Gasteiger partial charge in [0.15, 0.2) is 0 Å². The summed E-state index contributed by atoms with van der Waals surface area (Å²) >= 11 is 0. The highest BCUT2D eigenvalue weighted by atomic mass is 16.4. The number of pyridine rings is 1. The predicted molar refractivity (Wildman–Crippen MR) is 75.5 cm³/mol. The molecule has 106 valence electrons. The molecule has 6 nitrogen and oxygen atoms in total. The highest BCUT2D eigenvalue weighted by Gasteiger charge is 2.16. The maximum atomic E-state index is 12.1. The number of anilines is 1. The first-order valence-electron chi connectivity index (χ1n) is 6.53. The monoisotopic (exact) mass is 274 g/mol. The first-order chi connectivity index (χ1) is 9.60. The van der Waals surface area contributed by atoms with E-state index in [1.165, 1.54) is 0 Å². The van der Waals surface area contributed by atoms with E-state index in [1.807, 2.05) is 26.8 Å². The van der Waals surface area contributed by atoms with E-state index < -0.39 is 0 Å². The lowest BCUT2D eigenvalue weighted by Crippen LogP contribution is -2.27. The zero-order valence-corrected chi connectivity index (χ0v) is 11.8. The molecule has 0 aliphatic carbocycles. The minimum absolute atomic E-state index is 0.256. The number of carbonyl (C=O) groups is 1. The van der Waals surface area contributed by atoms with E-state index in [1.54, 1.807) is 18.5 Å². The normalized spacial score (nSPS) is 11.9. The lowest BCUT2D eigenvalue weighted by atomic mass is 10.2. The highest BCUT2D eigenvalue weighted by molar-refractivity contribution is 5.93. The topological polar surface area (TPSA) is 80.0 Å². The molecule has 0 spiro atoms. The van der Waals surface area contributed by atoms with Gasteiger partial charge in [-0.1, -0.05) is 0 Å². The first-order valence-corrected chi connectivity index (χ1v) is 6.53. The Labute approximate surface area is 117 Å². The van der Waals surface area contributed by atoms with Crippen LogP contribution < -0.4 is 10.6 Å². The van der Waals surface area contributed by atoms with Crippen LogP contribution in [0.1, 0.15) is 42.0 Å². The number of oxazole rings is 1. The Hall–Kier alpha value is -2.37. The number of amides is 1. The van der Waals surface area contributed by atoms with Crippen molar-refractivity contribution in [3.8, 4) is 0 Å². The third kappa shape index (κ3) is 3.34.